The second-order valence-corrected chi connectivity index (χ2v) is 5.36. The molecule has 3 rings (SSSR count). The molecule has 118 valence electrons. The number of hydrogen-bond donors (Lipinski definition) is 2. The third kappa shape index (κ3) is 3.73. The Labute approximate surface area is 138 Å². The molecule has 1 amide bonds. The summed E-state index contributed by atoms with van der Waals surface area (Å²) < 4.78 is 1.44. The van der Waals surface area contributed by atoms with E-state index in [9.17, 15) is 4.79 Å². The number of nitrogens with zero attached hydrogens (tertiary/aromatic N) is 4. The highest BCUT2D eigenvalue weighted by molar-refractivity contribution is 6.31. The van der Waals surface area contributed by atoms with Crippen molar-refractivity contribution in [3.8, 4) is 5.69 Å². The molecule has 1 fully saturated rings. The molecule has 1 unspecified atom stereocenters. The average molecular weight is 343 g/mol. The van der Waals surface area contributed by atoms with Crippen molar-refractivity contribution in [1.82, 2.24) is 30.8 Å². The van der Waals surface area contributed by atoms with Crippen LogP contribution < -0.4 is 10.6 Å². The molecule has 0 aliphatic carbocycles. The van der Waals surface area contributed by atoms with Crippen molar-refractivity contribution < 1.29 is 4.79 Å². The van der Waals surface area contributed by atoms with Gasteiger partial charge in [-0.2, -0.15) is 4.68 Å². The van der Waals surface area contributed by atoms with Crippen LogP contribution >= 0.6 is 24.0 Å². The Hall–Kier alpha value is -1.70. The minimum absolute atomic E-state index is 0. The number of carbonyl (C=O) groups is 1. The molecule has 0 radical (unpaired) electrons. The fourth-order valence-corrected chi connectivity index (χ4v) is 2.58. The normalized spacial score (nSPS) is 17.0. The molecule has 7 nitrogen and oxygen atoms in total. The fourth-order valence-electron chi connectivity index (χ4n) is 2.40. The van der Waals surface area contributed by atoms with Crippen LogP contribution in [0.25, 0.3) is 5.69 Å². The standard InChI is InChI=1S/C13H15ClN6O.ClH/c14-9-3-4-12(20-8-17-18-19-20)11(6-9)13(21)16-7-10-2-1-5-15-10;/h3-4,6,8,10,15H,1-2,5,7H2,(H,16,21);1H. The van der Waals surface area contributed by atoms with Crippen LogP contribution in [0.2, 0.25) is 5.02 Å². The number of amides is 1. The molecule has 2 N–H and O–H groups in total. The largest absolute Gasteiger partial charge is 0.350 e. The summed E-state index contributed by atoms with van der Waals surface area (Å²) in [6.07, 6.45) is 3.67. The lowest BCUT2D eigenvalue weighted by molar-refractivity contribution is 0.0950. The Kier molecular flexibility index (Phi) is 5.70. The van der Waals surface area contributed by atoms with Crippen LogP contribution in [0, 0.1) is 0 Å². The van der Waals surface area contributed by atoms with E-state index in [0.29, 0.717) is 28.9 Å². The van der Waals surface area contributed by atoms with Crippen molar-refractivity contribution in [2.75, 3.05) is 13.1 Å². The highest BCUT2D eigenvalue weighted by atomic mass is 35.5. The molecular weight excluding hydrogens is 327 g/mol. The van der Waals surface area contributed by atoms with Crippen molar-refractivity contribution >= 4 is 29.9 Å². The molecule has 9 heteroatoms. The monoisotopic (exact) mass is 342 g/mol. The van der Waals surface area contributed by atoms with Gasteiger partial charge in [-0.3, -0.25) is 4.79 Å². The van der Waals surface area contributed by atoms with E-state index in [-0.39, 0.29) is 18.3 Å². The van der Waals surface area contributed by atoms with Crippen molar-refractivity contribution in [2.24, 2.45) is 0 Å². The Morgan fingerprint density at radius 1 is 1.50 bits per heavy atom. The van der Waals surface area contributed by atoms with Crippen LogP contribution in [-0.4, -0.2) is 45.2 Å². The molecule has 22 heavy (non-hydrogen) atoms. The van der Waals surface area contributed by atoms with Crippen molar-refractivity contribution in [2.45, 2.75) is 18.9 Å². The highest BCUT2D eigenvalue weighted by Gasteiger charge is 2.18. The van der Waals surface area contributed by atoms with Crippen LogP contribution in [0.5, 0.6) is 0 Å². The minimum Gasteiger partial charge on any atom is -0.350 e. The zero-order chi connectivity index (χ0) is 14.7. The van der Waals surface area contributed by atoms with Gasteiger partial charge in [-0.05, 0) is 48.0 Å². The highest BCUT2D eigenvalue weighted by Crippen LogP contribution is 2.19. The SMILES string of the molecule is Cl.O=C(NCC1CCCN1)c1cc(Cl)ccc1-n1cnnn1. The first-order valence-electron chi connectivity index (χ1n) is 6.78. The van der Waals surface area contributed by atoms with Gasteiger partial charge < -0.3 is 10.6 Å². The minimum atomic E-state index is -0.184. The number of hydrogen-bond acceptors (Lipinski definition) is 5. The van der Waals surface area contributed by atoms with Crippen molar-refractivity contribution in [3.63, 3.8) is 0 Å². The van der Waals surface area contributed by atoms with Gasteiger partial charge in [-0.15, -0.1) is 17.5 Å². The Morgan fingerprint density at radius 3 is 3.05 bits per heavy atom. The Bertz CT molecular complexity index is 627. The average Bonchev–Trinajstić information content (AvgIpc) is 3.18. The van der Waals surface area contributed by atoms with Crippen LogP contribution in [0.3, 0.4) is 0 Å². The zero-order valence-electron chi connectivity index (χ0n) is 11.7. The fraction of sp³-hybridized carbons (Fsp3) is 0.385. The topological polar surface area (TPSA) is 84.7 Å². The number of aromatic nitrogens is 4. The van der Waals surface area contributed by atoms with Crippen molar-refractivity contribution in [1.29, 1.82) is 0 Å². The molecule has 1 atom stereocenters. The van der Waals surface area contributed by atoms with Crippen LogP contribution in [0.1, 0.15) is 23.2 Å². The van der Waals surface area contributed by atoms with Gasteiger partial charge in [0.25, 0.3) is 5.91 Å². The Balaban J connectivity index is 0.00000176. The molecule has 2 heterocycles. The lowest BCUT2D eigenvalue weighted by atomic mass is 10.1. The number of rotatable bonds is 4. The molecule has 1 saturated heterocycles. The van der Waals surface area contributed by atoms with Gasteiger partial charge >= 0.3 is 0 Å². The van der Waals surface area contributed by atoms with E-state index < -0.39 is 0 Å². The van der Waals surface area contributed by atoms with Gasteiger partial charge in [0.05, 0.1) is 11.3 Å². The molecule has 2 aromatic rings. The summed E-state index contributed by atoms with van der Waals surface area (Å²) in [6.45, 7) is 1.61. The van der Waals surface area contributed by atoms with Gasteiger partial charge in [0, 0.05) is 17.6 Å². The van der Waals surface area contributed by atoms with E-state index in [1.807, 2.05) is 0 Å². The van der Waals surface area contributed by atoms with E-state index in [1.165, 1.54) is 11.0 Å². The van der Waals surface area contributed by atoms with Crippen LogP contribution in [0.15, 0.2) is 24.5 Å². The number of benzene rings is 1. The van der Waals surface area contributed by atoms with Crippen LogP contribution in [-0.2, 0) is 0 Å². The van der Waals surface area contributed by atoms with Gasteiger partial charge in [-0.25, -0.2) is 0 Å². The van der Waals surface area contributed by atoms with Crippen molar-refractivity contribution in [3.05, 3.63) is 35.1 Å². The predicted molar refractivity (Wildman–Crippen MR) is 84.8 cm³/mol. The lowest BCUT2D eigenvalue weighted by Gasteiger charge is -2.13. The third-order valence-corrected chi connectivity index (χ3v) is 3.71. The molecule has 1 aromatic heterocycles. The zero-order valence-corrected chi connectivity index (χ0v) is 13.3. The van der Waals surface area contributed by atoms with Gasteiger partial charge in [-0.1, -0.05) is 11.6 Å². The second kappa shape index (κ2) is 7.53. The van der Waals surface area contributed by atoms with Gasteiger partial charge in [0.1, 0.15) is 6.33 Å². The summed E-state index contributed by atoms with van der Waals surface area (Å²) in [5.74, 6) is -0.184. The Morgan fingerprint density at radius 2 is 2.36 bits per heavy atom. The number of nitrogens with one attached hydrogen (secondary N) is 2. The van der Waals surface area contributed by atoms with E-state index in [1.54, 1.807) is 18.2 Å². The maximum atomic E-state index is 12.4. The lowest BCUT2D eigenvalue weighted by Crippen LogP contribution is -2.37. The molecular formula is C13H16Cl2N6O. The predicted octanol–water partition coefficient (Wildman–Crippen LogP) is 1.22. The summed E-state index contributed by atoms with van der Waals surface area (Å²) >= 11 is 6.00. The summed E-state index contributed by atoms with van der Waals surface area (Å²) in [4.78, 5) is 12.4. The van der Waals surface area contributed by atoms with Crippen LogP contribution in [0.4, 0.5) is 0 Å². The number of tetrazole rings is 1. The molecule has 1 aromatic carbocycles. The first-order chi connectivity index (χ1) is 10.2. The molecule has 1 aliphatic rings. The first-order valence-corrected chi connectivity index (χ1v) is 7.16. The van der Waals surface area contributed by atoms with E-state index in [0.717, 1.165) is 19.4 Å². The quantitative estimate of drug-likeness (QED) is 0.872. The van der Waals surface area contributed by atoms with Gasteiger partial charge in [0.2, 0.25) is 0 Å². The third-order valence-electron chi connectivity index (χ3n) is 3.47. The molecule has 0 spiro atoms. The maximum Gasteiger partial charge on any atom is 0.253 e. The second-order valence-electron chi connectivity index (χ2n) is 4.92. The summed E-state index contributed by atoms with van der Waals surface area (Å²) in [6, 6.07) is 5.38. The summed E-state index contributed by atoms with van der Waals surface area (Å²) in [7, 11) is 0. The van der Waals surface area contributed by atoms with E-state index in [2.05, 4.69) is 26.2 Å². The summed E-state index contributed by atoms with van der Waals surface area (Å²) in [5, 5.41) is 17.8. The van der Waals surface area contributed by atoms with E-state index in [4.69, 9.17) is 11.6 Å². The number of halogens is 2. The maximum absolute atomic E-state index is 12.4. The van der Waals surface area contributed by atoms with E-state index >= 15 is 0 Å². The molecule has 0 bridgehead atoms. The number of carbonyl (C=O) groups excluding carboxylic acids is 1. The molecule has 1 aliphatic heterocycles. The summed E-state index contributed by atoms with van der Waals surface area (Å²) in [5.41, 5.74) is 1.05. The van der Waals surface area contributed by atoms with Gasteiger partial charge in [0.15, 0.2) is 0 Å². The first kappa shape index (κ1) is 16.7. The molecule has 0 saturated carbocycles. The smallest absolute Gasteiger partial charge is 0.253 e.